The Balaban J connectivity index is 2.40. The maximum atomic E-state index is 11.0. The van der Waals surface area contributed by atoms with Gasteiger partial charge in [0.1, 0.15) is 6.04 Å². The lowest BCUT2D eigenvalue weighted by Crippen LogP contribution is -2.40. The normalized spacial score (nSPS) is 29.3. The van der Waals surface area contributed by atoms with Crippen LogP contribution in [-0.4, -0.2) is 46.9 Å². The van der Waals surface area contributed by atoms with Crippen LogP contribution in [0.4, 0.5) is 0 Å². The summed E-state index contributed by atoms with van der Waals surface area (Å²) >= 11 is 0. The van der Waals surface area contributed by atoms with Crippen molar-refractivity contribution in [2.75, 3.05) is 6.54 Å². The van der Waals surface area contributed by atoms with Crippen LogP contribution in [-0.2, 0) is 4.79 Å². The van der Waals surface area contributed by atoms with E-state index in [0.29, 0.717) is 19.4 Å². The second kappa shape index (κ2) is 6.19. The average molecular weight is 230 g/mol. The highest BCUT2D eigenvalue weighted by Crippen LogP contribution is 2.25. The molecular weight excluding hydrogens is 211 g/mol. The molecule has 1 saturated heterocycles. The fourth-order valence-electron chi connectivity index (χ4n) is 2.24. The summed E-state index contributed by atoms with van der Waals surface area (Å²) in [5, 5.41) is 29.4. The van der Waals surface area contributed by atoms with E-state index in [2.05, 4.69) is 5.32 Å². The van der Waals surface area contributed by atoms with Crippen LogP contribution in [0.25, 0.3) is 0 Å². The number of nitrogens with two attached hydrogens (primary N) is 1. The van der Waals surface area contributed by atoms with Gasteiger partial charge >= 0.3 is 13.1 Å². The molecule has 1 rings (SSSR count). The summed E-state index contributed by atoms with van der Waals surface area (Å²) in [5.74, 6) is -0.824. The molecule has 0 radical (unpaired) electrons. The molecule has 1 heterocycles. The molecule has 16 heavy (non-hydrogen) atoms. The van der Waals surface area contributed by atoms with E-state index < -0.39 is 19.1 Å². The predicted molar refractivity (Wildman–Crippen MR) is 59.7 cm³/mol. The molecule has 0 amide bonds. The van der Waals surface area contributed by atoms with Gasteiger partial charge in [0.25, 0.3) is 0 Å². The predicted octanol–water partition coefficient (Wildman–Crippen LogP) is -1.37. The highest BCUT2D eigenvalue weighted by atomic mass is 16.4. The van der Waals surface area contributed by atoms with Crippen molar-refractivity contribution >= 4 is 13.1 Å². The Hall–Kier alpha value is -0.625. The molecule has 0 aromatic carbocycles. The molecule has 0 aliphatic carbocycles. The van der Waals surface area contributed by atoms with Crippen molar-refractivity contribution in [3.63, 3.8) is 0 Å². The van der Waals surface area contributed by atoms with E-state index >= 15 is 0 Å². The Morgan fingerprint density at radius 2 is 2.19 bits per heavy atom. The molecule has 1 fully saturated rings. The van der Waals surface area contributed by atoms with Gasteiger partial charge < -0.3 is 26.2 Å². The van der Waals surface area contributed by atoms with E-state index in [9.17, 15) is 4.79 Å². The molecule has 0 aromatic heterocycles. The van der Waals surface area contributed by atoms with Gasteiger partial charge in [-0.1, -0.05) is 6.42 Å². The first-order valence-electron chi connectivity index (χ1n) is 5.59. The summed E-state index contributed by atoms with van der Waals surface area (Å²) in [6.45, 7) is 0.433. The van der Waals surface area contributed by atoms with E-state index in [4.69, 9.17) is 20.9 Å². The zero-order valence-electron chi connectivity index (χ0n) is 9.17. The smallest absolute Gasteiger partial charge is 0.451 e. The van der Waals surface area contributed by atoms with Gasteiger partial charge in [0, 0.05) is 12.6 Å². The summed E-state index contributed by atoms with van der Waals surface area (Å²) in [4.78, 5) is 11.0. The first-order chi connectivity index (χ1) is 7.54. The zero-order valence-corrected chi connectivity index (χ0v) is 9.17. The van der Waals surface area contributed by atoms with Gasteiger partial charge in [-0.25, -0.2) is 0 Å². The molecule has 0 aromatic rings. The summed E-state index contributed by atoms with van der Waals surface area (Å²) in [6.07, 6.45) is 2.33. The number of rotatable bonds is 6. The van der Waals surface area contributed by atoms with Crippen molar-refractivity contribution in [1.82, 2.24) is 5.32 Å². The van der Waals surface area contributed by atoms with E-state index in [0.717, 1.165) is 6.42 Å². The number of aliphatic carboxylic acids is 1. The van der Waals surface area contributed by atoms with E-state index in [1.807, 2.05) is 0 Å². The molecule has 0 unspecified atom stereocenters. The number of carboxylic acids is 1. The summed E-state index contributed by atoms with van der Waals surface area (Å²) in [6, 6.07) is -0.491. The van der Waals surface area contributed by atoms with Gasteiger partial charge in [-0.05, 0) is 25.1 Å². The monoisotopic (exact) mass is 230 g/mol. The van der Waals surface area contributed by atoms with Gasteiger partial charge in [0.15, 0.2) is 0 Å². The Labute approximate surface area is 95.0 Å². The molecule has 6 nitrogen and oxygen atoms in total. The Kier molecular flexibility index (Phi) is 5.20. The summed E-state index contributed by atoms with van der Waals surface area (Å²) in [7, 11) is -1.30. The minimum Gasteiger partial charge on any atom is -0.480 e. The lowest BCUT2D eigenvalue weighted by molar-refractivity contribution is -0.140. The molecule has 92 valence electrons. The van der Waals surface area contributed by atoms with E-state index in [1.54, 1.807) is 0 Å². The molecule has 0 bridgehead atoms. The standard InChI is InChI=1S/C9H19BN2O4/c11-5-7-4-6(2-1-3-10(15)16)8(12-7)9(13)14/h6-8,12,15-16H,1-5,11H2,(H,13,14)/t6-,7+,8+/m0/s1. The molecule has 0 spiro atoms. The third kappa shape index (κ3) is 3.75. The van der Waals surface area contributed by atoms with Crippen molar-refractivity contribution in [3.05, 3.63) is 0 Å². The van der Waals surface area contributed by atoms with Crippen molar-refractivity contribution in [1.29, 1.82) is 0 Å². The average Bonchev–Trinajstić information content (AvgIpc) is 2.60. The molecule has 0 saturated carbocycles. The molecule has 1 aliphatic heterocycles. The molecule has 1 aliphatic rings. The first-order valence-corrected chi connectivity index (χ1v) is 5.59. The van der Waals surface area contributed by atoms with Crippen LogP contribution in [0.1, 0.15) is 19.3 Å². The van der Waals surface area contributed by atoms with Gasteiger partial charge in [-0.15, -0.1) is 0 Å². The van der Waals surface area contributed by atoms with Crippen LogP contribution in [0.3, 0.4) is 0 Å². The van der Waals surface area contributed by atoms with Gasteiger partial charge in [-0.3, -0.25) is 4.79 Å². The van der Waals surface area contributed by atoms with Crippen molar-refractivity contribution in [3.8, 4) is 0 Å². The number of nitrogens with one attached hydrogen (secondary N) is 1. The molecular formula is C9H19BN2O4. The van der Waals surface area contributed by atoms with Crippen molar-refractivity contribution in [2.45, 2.75) is 37.7 Å². The van der Waals surface area contributed by atoms with Crippen molar-refractivity contribution in [2.24, 2.45) is 11.7 Å². The van der Waals surface area contributed by atoms with E-state index in [-0.39, 0.29) is 18.3 Å². The highest BCUT2D eigenvalue weighted by Gasteiger charge is 2.37. The Morgan fingerprint density at radius 1 is 1.50 bits per heavy atom. The number of carboxylic acid groups (broad SMARTS) is 1. The van der Waals surface area contributed by atoms with Crippen LogP contribution in [0.2, 0.25) is 6.32 Å². The topological polar surface area (TPSA) is 116 Å². The number of hydrogen-bond acceptors (Lipinski definition) is 5. The summed E-state index contributed by atoms with van der Waals surface area (Å²) < 4.78 is 0. The second-order valence-corrected chi connectivity index (χ2v) is 4.32. The molecule has 3 atom stereocenters. The fourth-order valence-corrected chi connectivity index (χ4v) is 2.24. The van der Waals surface area contributed by atoms with Crippen LogP contribution in [0.5, 0.6) is 0 Å². The number of carbonyl (C=O) groups is 1. The van der Waals surface area contributed by atoms with Crippen LogP contribution < -0.4 is 11.1 Å². The van der Waals surface area contributed by atoms with Crippen LogP contribution >= 0.6 is 0 Å². The summed E-state index contributed by atoms with van der Waals surface area (Å²) in [5.41, 5.74) is 5.50. The SMILES string of the molecule is NC[C@H]1C[C@H](CCCB(O)O)[C@H](C(=O)O)N1. The lowest BCUT2D eigenvalue weighted by Gasteiger charge is -2.14. The van der Waals surface area contributed by atoms with E-state index in [1.165, 1.54) is 0 Å². The molecule has 6 N–H and O–H groups in total. The van der Waals surface area contributed by atoms with Crippen LogP contribution in [0, 0.1) is 5.92 Å². The highest BCUT2D eigenvalue weighted by molar-refractivity contribution is 6.40. The van der Waals surface area contributed by atoms with Gasteiger partial charge in [-0.2, -0.15) is 0 Å². The van der Waals surface area contributed by atoms with Crippen LogP contribution in [0.15, 0.2) is 0 Å². The lowest BCUT2D eigenvalue weighted by atomic mass is 9.81. The third-order valence-corrected chi connectivity index (χ3v) is 3.06. The maximum absolute atomic E-state index is 11.0. The van der Waals surface area contributed by atoms with Gasteiger partial charge in [0.2, 0.25) is 0 Å². The first kappa shape index (κ1) is 13.4. The number of hydrogen-bond donors (Lipinski definition) is 5. The van der Waals surface area contributed by atoms with Crippen molar-refractivity contribution < 1.29 is 19.9 Å². The largest absolute Gasteiger partial charge is 0.480 e. The zero-order chi connectivity index (χ0) is 12.1. The van der Waals surface area contributed by atoms with Gasteiger partial charge in [0.05, 0.1) is 0 Å². The minimum absolute atomic E-state index is 0.0322. The Morgan fingerprint density at radius 3 is 2.69 bits per heavy atom. The minimum atomic E-state index is -1.30. The third-order valence-electron chi connectivity index (χ3n) is 3.06. The molecule has 7 heteroatoms. The Bertz CT molecular complexity index is 240. The fraction of sp³-hybridized carbons (Fsp3) is 0.889. The quantitative estimate of drug-likeness (QED) is 0.359. The maximum Gasteiger partial charge on any atom is 0.451 e. The second-order valence-electron chi connectivity index (χ2n) is 4.32.